The minimum atomic E-state index is -0.385. The van der Waals surface area contributed by atoms with E-state index in [2.05, 4.69) is 0 Å². The molecule has 0 bridgehead atoms. The van der Waals surface area contributed by atoms with E-state index in [1.807, 2.05) is 6.92 Å². The van der Waals surface area contributed by atoms with Crippen molar-refractivity contribution in [1.82, 2.24) is 4.57 Å². The largest absolute Gasteiger partial charge is 0.365 e. The van der Waals surface area contributed by atoms with Gasteiger partial charge >= 0.3 is 5.82 Å². The lowest BCUT2D eigenvalue weighted by atomic mass is 10.7. The molecule has 0 aliphatic rings. The summed E-state index contributed by atoms with van der Waals surface area (Å²) in [4.78, 5) is 9.98. The van der Waals surface area contributed by atoms with Crippen LogP contribution in [0.25, 0.3) is 0 Å². The fourth-order valence-corrected chi connectivity index (χ4v) is 0.964. The molecular weight excluding hydrogens is 146 g/mol. The maximum atomic E-state index is 10.4. The number of imidazole rings is 1. The van der Waals surface area contributed by atoms with E-state index in [0.29, 0.717) is 6.54 Å². The molecular formula is C6H10N3O2+. The Balaban J connectivity index is 3.12. The average Bonchev–Trinajstić information content (AvgIpc) is 2.30. The molecule has 0 aliphatic heterocycles. The van der Waals surface area contributed by atoms with Crippen molar-refractivity contribution in [3.8, 4) is 0 Å². The van der Waals surface area contributed by atoms with Crippen LogP contribution in [0, 0.1) is 10.1 Å². The highest BCUT2D eigenvalue weighted by Crippen LogP contribution is 2.06. The first-order chi connectivity index (χ1) is 5.15. The van der Waals surface area contributed by atoms with Gasteiger partial charge in [-0.3, -0.25) is 0 Å². The predicted octanol–water partition coefficient (Wildman–Crippen LogP) is 0.241. The molecule has 1 aromatic rings. The van der Waals surface area contributed by atoms with Crippen molar-refractivity contribution in [3.05, 3.63) is 22.6 Å². The second kappa shape index (κ2) is 2.69. The fourth-order valence-electron chi connectivity index (χ4n) is 0.964. The number of aromatic nitrogens is 2. The van der Waals surface area contributed by atoms with Crippen molar-refractivity contribution in [3.63, 3.8) is 0 Å². The Morgan fingerprint density at radius 2 is 2.45 bits per heavy atom. The van der Waals surface area contributed by atoms with E-state index in [4.69, 9.17) is 0 Å². The van der Waals surface area contributed by atoms with Crippen molar-refractivity contribution in [2.75, 3.05) is 0 Å². The maximum absolute atomic E-state index is 10.4. The summed E-state index contributed by atoms with van der Waals surface area (Å²) in [6.45, 7) is 2.49. The molecule has 0 unspecified atom stereocenters. The van der Waals surface area contributed by atoms with E-state index >= 15 is 0 Å². The van der Waals surface area contributed by atoms with Crippen LogP contribution in [0.3, 0.4) is 0 Å². The van der Waals surface area contributed by atoms with Gasteiger partial charge in [-0.05, 0) is 11.8 Å². The van der Waals surface area contributed by atoms with Gasteiger partial charge in [0.1, 0.15) is 0 Å². The smallest absolute Gasteiger partial charge is 0.358 e. The zero-order valence-electron chi connectivity index (χ0n) is 6.52. The molecule has 0 radical (unpaired) electrons. The Kier molecular flexibility index (Phi) is 1.89. The van der Waals surface area contributed by atoms with Crippen LogP contribution >= 0.6 is 0 Å². The maximum Gasteiger partial charge on any atom is 0.365 e. The highest BCUT2D eigenvalue weighted by Gasteiger charge is 2.14. The minimum absolute atomic E-state index is 0.134. The molecule has 1 rings (SSSR count). The molecule has 5 nitrogen and oxygen atoms in total. The van der Waals surface area contributed by atoms with Gasteiger partial charge in [-0.15, -0.1) is 0 Å². The van der Waals surface area contributed by atoms with E-state index in [-0.39, 0.29) is 10.7 Å². The summed E-state index contributed by atoms with van der Waals surface area (Å²) >= 11 is 0. The standard InChI is InChI=1S/C6H10N3O2/c1-3-8-5-7(2)4-6(8)9(10)11/h4-5H,3H2,1-2H3/q+1. The zero-order chi connectivity index (χ0) is 8.43. The fraction of sp³-hybridized carbons (Fsp3) is 0.500. The van der Waals surface area contributed by atoms with E-state index in [0.717, 1.165) is 0 Å². The molecule has 1 heterocycles. The van der Waals surface area contributed by atoms with Crippen LogP contribution in [0.4, 0.5) is 5.82 Å². The molecule has 0 saturated carbocycles. The third kappa shape index (κ3) is 1.36. The minimum Gasteiger partial charge on any atom is -0.358 e. The molecule has 11 heavy (non-hydrogen) atoms. The lowest BCUT2D eigenvalue weighted by molar-refractivity contribution is -0.672. The summed E-state index contributed by atoms with van der Waals surface area (Å²) in [5.41, 5.74) is 0. The Bertz CT molecular complexity index is 279. The average molecular weight is 156 g/mol. The van der Waals surface area contributed by atoms with Crippen LogP contribution in [-0.2, 0) is 13.6 Å². The van der Waals surface area contributed by atoms with Crippen molar-refractivity contribution in [2.24, 2.45) is 7.05 Å². The first-order valence-corrected chi connectivity index (χ1v) is 3.35. The predicted molar refractivity (Wildman–Crippen MR) is 37.9 cm³/mol. The molecule has 0 fully saturated rings. The van der Waals surface area contributed by atoms with E-state index in [9.17, 15) is 10.1 Å². The zero-order valence-corrected chi connectivity index (χ0v) is 6.52. The molecule has 0 N–H and O–H groups in total. The second-order valence-corrected chi connectivity index (χ2v) is 2.31. The molecule has 60 valence electrons. The lowest BCUT2D eigenvalue weighted by Gasteiger charge is -1.92. The molecule has 0 aliphatic carbocycles. The van der Waals surface area contributed by atoms with Crippen LogP contribution in [0.2, 0.25) is 0 Å². The second-order valence-electron chi connectivity index (χ2n) is 2.31. The van der Waals surface area contributed by atoms with Gasteiger partial charge in [0.25, 0.3) is 0 Å². The summed E-state index contributed by atoms with van der Waals surface area (Å²) < 4.78 is 3.25. The monoisotopic (exact) mass is 156 g/mol. The lowest BCUT2D eigenvalue weighted by Crippen LogP contribution is -2.23. The van der Waals surface area contributed by atoms with Crippen LogP contribution < -0.4 is 4.57 Å². The summed E-state index contributed by atoms with van der Waals surface area (Å²) in [6, 6.07) is 0. The Morgan fingerprint density at radius 1 is 1.82 bits per heavy atom. The van der Waals surface area contributed by atoms with Crippen molar-refractivity contribution in [1.29, 1.82) is 0 Å². The molecule has 0 aromatic carbocycles. The van der Waals surface area contributed by atoms with E-state index in [1.165, 1.54) is 6.20 Å². The van der Waals surface area contributed by atoms with Gasteiger partial charge in [-0.25, -0.2) is 4.57 Å². The first-order valence-electron chi connectivity index (χ1n) is 3.35. The van der Waals surface area contributed by atoms with Gasteiger partial charge in [0.2, 0.25) is 6.33 Å². The van der Waals surface area contributed by atoms with Gasteiger partial charge in [-0.2, -0.15) is 4.57 Å². The number of rotatable bonds is 2. The Morgan fingerprint density at radius 3 is 2.82 bits per heavy atom. The normalized spacial score (nSPS) is 10.0. The van der Waals surface area contributed by atoms with Gasteiger partial charge < -0.3 is 10.1 Å². The van der Waals surface area contributed by atoms with Crippen LogP contribution in [0.1, 0.15) is 6.92 Å². The third-order valence-electron chi connectivity index (χ3n) is 1.46. The van der Waals surface area contributed by atoms with Gasteiger partial charge in [0, 0.05) is 0 Å². The molecule has 0 spiro atoms. The van der Waals surface area contributed by atoms with Gasteiger partial charge in [-0.1, -0.05) is 0 Å². The van der Waals surface area contributed by atoms with Gasteiger partial charge in [0.05, 0.1) is 13.6 Å². The van der Waals surface area contributed by atoms with Crippen LogP contribution in [-0.4, -0.2) is 9.49 Å². The van der Waals surface area contributed by atoms with Crippen molar-refractivity contribution < 1.29 is 9.49 Å². The summed E-state index contributed by atoms with van der Waals surface area (Å²) in [6.07, 6.45) is 3.18. The molecule has 1 aromatic heterocycles. The number of hydrogen-bond acceptors (Lipinski definition) is 2. The van der Waals surface area contributed by atoms with Gasteiger partial charge in [0.15, 0.2) is 6.20 Å². The molecule has 0 saturated heterocycles. The number of hydrogen-bond donors (Lipinski definition) is 0. The van der Waals surface area contributed by atoms with E-state index in [1.54, 1.807) is 22.5 Å². The van der Waals surface area contributed by atoms with Crippen LogP contribution in [0.5, 0.6) is 0 Å². The SMILES string of the molecule is CCn1c[n+](C)cc1[N+](=O)[O-]. The molecule has 5 heteroatoms. The highest BCUT2D eigenvalue weighted by atomic mass is 16.6. The molecule has 0 amide bonds. The Hall–Kier alpha value is -1.39. The highest BCUT2D eigenvalue weighted by molar-refractivity contribution is 5.10. The first kappa shape index (κ1) is 7.71. The summed E-state index contributed by atoms with van der Waals surface area (Å²) in [5, 5.41) is 10.4. The van der Waals surface area contributed by atoms with Crippen molar-refractivity contribution >= 4 is 5.82 Å². The summed E-state index contributed by atoms with van der Waals surface area (Å²) in [7, 11) is 1.76. The number of aryl methyl sites for hydroxylation is 2. The van der Waals surface area contributed by atoms with Crippen molar-refractivity contribution in [2.45, 2.75) is 13.5 Å². The number of nitrogens with zero attached hydrogens (tertiary/aromatic N) is 3. The Labute approximate surface area is 64.0 Å². The third-order valence-corrected chi connectivity index (χ3v) is 1.46. The number of nitro groups is 1. The quantitative estimate of drug-likeness (QED) is 0.350. The topological polar surface area (TPSA) is 52.0 Å². The van der Waals surface area contributed by atoms with Crippen LogP contribution in [0.15, 0.2) is 12.5 Å². The summed E-state index contributed by atoms with van der Waals surface area (Å²) in [5.74, 6) is 0.134. The van der Waals surface area contributed by atoms with E-state index < -0.39 is 0 Å². The molecule has 0 atom stereocenters.